The molecule has 1 aromatic heterocycles. The molecule has 4 aromatic rings. The quantitative estimate of drug-likeness (QED) is 0.147. The number of hydrogen-bond donors (Lipinski definition) is 2. The molecule has 0 aliphatic heterocycles. The Bertz CT molecular complexity index is 1560. The second-order valence-corrected chi connectivity index (χ2v) is 10.8. The number of carbonyl (C=O) groups is 2. The van der Waals surface area contributed by atoms with E-state index < -0.39 is 17.7 Å². The summed E-state index contributed by atoms with van der Waals surface area (Å²) in [4.78, 5) is 25.0. The number of allylic oxidation sites excluding steroid dienone is 1. The number of hydrogen-bond acceptors (Lipinski definition) is 5. The Hall–Kier alpha value is -4.85. The summed E-state index contributed by atoms with van der Waals surface area (Å²) in [5.74, 6) is -0.418. The standard InChI is InChI=1S/C34H37N3O5/c1-5-29(24-10-7-6-8-11-24)32(26-15-18-30-27(22-26)23-35-36-30)25-13-16-28(17-14-25)41-21-20-37(19-9-12-31(38)39)33(40)42-34(2,3)4/h6-18,22-23H,5,19-21H2,1-4H3,(H,35,36)(H,38,39)/b12-9+,32-29+. The number of carboxylic acids is 1. The van der Waals surface area contributed by atoms with Gasteiger partial charge < -0.3 is 19.5 Å². The van der Waals surface area contributed by atoms with E-state index >= 15 is 0 Å². The van der Waals surface area contributed by atoms with Gasteiger partial charge in [-0.25, -0.2) is 9.59 Å². The number of amides is 1. The summed E-state index contributed by atoms with van der Waals surface area (Å²) in [7, 11) is 0. The lowest BCUT2D eigenvalue weighted by atomic mass is 9.88. The van der Waals surface area contributed by atoms with E-state index in [0.717, 1.165) is 40.1 Å². The topological polar surface area (TPSA) is 105 Å². The smallest absolute Gasteiger partial charge is 0.410 e. The first-order chi connectivity index (χ1) is 20.1. The predicted molar refractivity (Wildman–Crippen MR) is 165 cm³/mol. The van der Waals surface area contributed by atoms with Crippen LogP contribution in [-0.4, -0.2) is 57.6 Å². The van der Waals surface area contributed by atoms with E-state index in [0.29, 0.717) is 5.75 Å². The van der Waals surface area contributed by atoms with Crippen LogP contribution in [0.3, 0.4) is 0 Å². The molecular weight excluding hydrogens is 530 g/mol. The molecule has 0 saturated carbocycles. The second kappa shape index (κ2) is 13.7. The zero-order chi connectivity index (χ0) is 30.1. The number of ether oxygens (including phenoxy) is 2. The second-order valence-electron chi connectivity index (χ2n) is 10.8. The maximum Gasteiger partial charge on any atom is 0.410 e. The van der Waals surface area contributed by atoms with Crippen molar-refractivity contribution in [1.29, 1.82) is 0 Å². The monoisotopic (exact) mass is 567 g/mol. The van der Waals surface area contributed by atoms with Crippen molar-refractivity contribution in [2.24, 2.45) is 0 Å². The van der Waals surface area contributed by atoms with Gasteiger partial charge in [-0.3, -0.25) is 5.10 Å². The van der Waals surface area contributed by atoms with Crippen molar-refractivity contribution in [2.45, 2.75) is 39.7 Å². The molecule has 8 heteroatoms. The van der Waals surface area contributed by atoms with Gasteiger partial charge in [0, 0.05) is 18.0 Å². The zero-order valence-electron chi connectivity index (χ0n) is 24.5. The number of carbonyl (C=O) groups excluding carboxylic acids is 1. The fraction of sp³-hybridized carbons (Fsp3) is 0.265. The fourth-order valence-electron chi connectivity index (χ4n) is 4.63. The zero-order valence-corrected chi connectivity index (χ0v) is 24.5. The lowest BCUT2D eigenvalue weighted by molar-refractivity contribution is -0.131. The Labute approximate surface area is 246 Å². The molecule has 42 heavy (non-hydrogen) atoms. The molecule has 0 bridgehead atoms. The Morgan fingerprint density at radius 3 is 2.36 bits per heavy atom. The van der Waals surface area contributed by atoms with Crippen LogP contribution in [0.4, 0.5) is 4.79 Å². The molecule has 4 rings (SSSR count). The van der Waals surface area contributed by atoms with Crippen LogP contribution in [0.25, 0.3) is 22.0 Å². The lowest BCUT2D eigenvalue weighted by Crippen LogP contribution is -2.39. The molecule has 0 spiro atoms. The molecule has 0 aliphatic carbocycles. The number of rotatable bonds is 11. The minimum Gasteiger partial charge on any atom is -0.492 e. The van der Waals surface area contributed by atoms with Crippen molar-refractivity contribution in [3.63, 3.8) is 0 Å². The number of aromatic amines is 1. The Morgan fingerprint density at radius 2 is 1.69 bits per heavy atom. The van der Waals surface area contributed by atoms with Crippen LogP contribution in [0.1, 0.15) is 50.8 Å². The minimum atomic E-state index is -1.08. The predicted octanol–water partition coefficient (Wildman–Crippen LogP) is 7.19. The number of aliphatic carboxylic acids is 1. The molecule has 0 radical (unpaired) electrons. The van der Waals surface area contributed by atoms with Crippen LogP contribution in [0.15, 0.2) is 91.1 Å². The third-order valence-corrected chi connectivity index (χ3v) is 6.52. The molecule has 0 saturated heterocycles. The van der Waals surface area contributed by atoms with Gasteiger partial charge in [0.05, 0.1) is 18.3 Å². The van der Waals surface area contributed by atoms with E-state index in [9.17, 15) is 9.59 Å². The lowest BCUT2D eigenvalue weighted by Gasteiger charge is -2.26. The minimum absolute atomic E-state index is 0.0952. The van der Waals surface area contributed by atoms with Crippen molar-refractivity contribution < 1.29 is 24.2 Å². The van der Waals surface area contributed by atoms with Gasteiger partial charge in [-0.2, -0.15) is 5.10 Å². The summed E-state index contributed by atoms with van der Waals surface area (Å²) in [6.07, 6.45) is 4.56. The summed E-state index contributed by atoms with van der Waals surface area (Å²) in [6.45, 7) is 8.05. The largest absolute Gasteiger partial charge is 0.492 e. The molecule has 0 aliphatic rings. The van der Waals surface area contributed by atoms with E-state index in [1.807, 2.05) is 36.5 Å². The maximum absolute atomic E-state index is 12.7. The third kappa shape index (κ3) is 8.10. The molecule has 8 nitrogen and oxygen atoms in total. The van der Waals surface area contributed by atoms with E-state index in [4.69, 9.17) is 14.6 Å². The van der Waals surface area contributed by atoms with Gasteiger partial charge in [0.1, 0.15) is 18.0 Å². The van der Waals surface area contributed by atoms with Gasteiger partial charge in [0.15, 0.2) is 0 Å². The molecular formula is C34H37N3O5. The Balaban J connectivity index is 1.56. The summed E-state index contributed by atoms with van der Waals surface area (Å²) < 4.78 is 11.5. The van der Waals surface area contributed by atoms with Crippen LogP contribution in [0.5, 0.6) is 5.75 Å². The normalized spacial score (nSPS) is 12.3. The summed E-state index contributed by atoms with van der Waals surface area (Å²) >= 11 is 0. The van der Waals surface area contributed by atoms with Crippen molar-refractivity contribution >= 4 is 34.1 Å². The van der Waals surface area contributed by atoms with E-state index in [1.54, 1.807) is 20.8 Å². The Kier molecular flexibility index (Phi) is 9.81. The van der Waals surface area contributed by atoms with Crippen LogP contribution < -0.4 is 4.74 Å². The summed E-state index contributed by atoms with van der Waals surface area (Å²) in [5.41, 5.74) is 6.00. The van der Waals surface area contributed by atoms with Gasteiger partial charge in [0.25, 0.3) is 0 Å². The van der Waals surface area contributed by atoms with Crippen LogP contribution in [0.2, 0.25) is 0 Å². The summed E-state index contributed by atoms with van der Waals surface area (Å²) in [5, 5.41) is 17.2. The molecule has 3 aromatic carbocycles. The van der Waals surface area contributed by atoms with E-state index in [2.05, 4.69) is 59.6 Å². The number of carboxylic acid groups (broad SMARTS) is 1. The first-order valence-corrected chi connectivity index (χ1v) is 14.0. The highest BCUT2D eigenvalue weighted by Crippen LogP contribution is 2.36. The highest BCUT2D eigenvalue weighted by atomic mass is 16.6. The summed E-state index contributed by atoms with van der Waals surface area (Å²) in [6, 6.07) is 24.6. The van der Waals surface area contributed by atoms with E-state index in [1.165, 1.54) is 22.1 Å². The number of benzene rings is 3. The highest BCUT2D eigenvalue weighted by Gasteiger charge is 2.21. The number of nitrogens with one attached hydrogen (secondary N) is 1. The Morgan fingerprint density at radius 1 is 0.976 bits per heavy atom. The fourth-order valence-corrected chi connectivity index (χ4v) is 4.63. The molecule has 1 heterocycles. The van der Waals surface area contributed by atoms with Gasteiger partial charge >= 0.3 is 12.1 Å². The average Bonchev–Trinajstić information content (AvgIpc) is 3.43. The third-order valence-electron chi connectivity index (χ3n) is 6.52. The molecule has 2 N–H and O–H groups in total. The first kappa shape index (κ1) is 30.1. The van der Waals surface area contributed by atoms with E-state index in [-0.39, 0.29) is 19.7 Å². The molecule has 1 amide bonds. The van der Waals surface area contributed by atoms with Crippen LogP contribution >= 0.6 is 0 Å². The molecule has 218 valence electrons. The highest BCUT2D eigenvalue weighted by molar-refractivity contribution is 6.00. The van der Waals surface area contributed by atoms with Crippen LogP contribution in [0, 0.1) is 0 Å². The van der Waals surface area contributed by atoms with Crippen molar-refractivity contribution in [1.82, 2.24) is 15.1 Å². The molecule has 0 unspecified atom stereocenters. The number of nitrogens with zero attached hydrogens (tertiary/aromatic N) is 2. The van der Waals surface area contributed by atoms with Gasteiger partial charge in [-0.1, -0.05) is 61.5 Å². The van der Waals surface area contributed by atoms with Gasteiger partial charge in [-0.15, -0.1) is 0 Å². The number of fused-ring (bicyclic) bond motifs is 1. The molecule has 0 atom stereocenters. The number of aromatic nitrogens is 2. The van der Waals surface area contributed by atoms with Gasteiger partial charge in [-0.05, 0) is 79.3 Å². The first-order valence-electron chi connectivity index (χ1n) is 14.0. The van der Waals surface area contributed by atoms with Crippen molar-refractivity contribution in [2.75, 3.05) is 19.7 Å². The van der Waals surface area contributed by atoms with Gasteiger partial charge in [0.2, 0.25) is 0 Å². The van der Waals surface area contributed by atoms with Crippen LogP contribution in [-0.2, 0) is 9.53 Å². The maximum atomic E-state index is 12.7. The SMILES string of the molecule is CC/C(=C(/c1ccc(OCCN(C/C=C/C(=O)O)C(=O)OC(C)(C)C)cc1)c1ccc2[nH]ncc2c1)c1ccccc1. The number of H-pyrrole nitrogens is 1. The van der Waals surface area contributed by atoms with Crippen molar-refractivity contribution in [3.8, 4) is 5.75 Å². The van der Waals surface area contributed by atoms with Crippen molar-refractivity contribution in [3.05, 3.63) is 108 Å². The molecule has 0 fully saturated rings. The average molecular weight is 568 g/mol.